The Morgan fingerprint density at radius 2 is 2.14 bits per heavy atom. The number of rotatable bonds is 4. The number of hydrogen-bond donors (Lipinski definition) is 1. The van der Waals surface area contributed by atoms with E-state index in [2.05, 4.69) is 15.5 Å². The van der Waals surface area contributed by atoms with Gasteiger partial charge in [-0.25, -0.2) is 0 Å². The van der Waals surface area contributed by atoms with Gasteiger partial charge in [0.25, 0.3) is 0 Å². The number of nitrogens with one attached hydrogen (secondary N) is 1. The molecule has 0 saturated heterocycles. The molecular formula is C10H15N3O. The van der Waals surface area contributed by atoms with Crippen molar-refractivity contribution in [2.24, 2.45) is 0 Å². The third kappa shape index (κ3) is 1.66. The maximum absolute atomic E-state index is 5.18. The van der Waals surface area contributed by atoms with Crippen LogP contribution in [0, 0.1) is 0 Å². The van der Waals surface area contributed by atoms with Gasteiger partial charge in [0.1, 0.15) is 0 Å². The van der Waals surface area contributed by atoms with Crippen LogP contribution in [0.25, 0.3) is 0 Å². The Morgan fingerprint density at radius 1 is 1.29 bits per heavy atom. The molecule has 0 unspecified atom stereocenters. The largest absolute Gasteiger partial charge is 0.338 e. The molecule has 4 heteroatoms. The Labute approximate surface area is 83.1 Å². The van der Waals surface area contributed by atoms with Crippen LogP contribution < -0.4 is 5.32 Å². The Morgan fingerprint density at radius 3 is 2.79 bits per heavy atom. The molecule has 1 N–H and O–H groups in total. The monoisotopic (exact) mass is 193 g/mol. The lowest BCUT2D eigenvalue weighted by atomic mass is 9.85. The Balaban J connectivity index is 1.58. The summed E-state index contributed by atoms with van der Waals surface area (Å²) in [5.74, 6) is 2.25. The van der Waals surface area contributed by atoms with Crippen molar-refractivity contribution < 1.29 is 4.52 Å². The van der Waals surface area contributed by atoms with Crippen molar-refractivity contribution in [3.05, 3.63) is 11.7 Å². The minimum Gasteiger partial charge on any atom is -0.338 e. The molecule has 0 radical (unpaired) electrons. The second-order valence-electron chi connectivity index (χ2n) is 4.33. The van der Waals surface area contributed by atoms with Gasteiger partial charge >= 0.3 is 0 Å². The summed E-state index contributed by atoms with van der Waals surface area (Å²) in [5.41, 5.74) is 0. The van der Waals surface area contributed by atoms with Crippen LogP contribution in [0.3, 0.4) is 0 Å². The molecule has 0 bridgehead atoms. The second-order valence-corrected chi connectivity index (χ2v) is 4.33. The minimum absolute atomic E-state index is 0.577. The van der Waals surface area contributed by atoms with Crippen molar-refractivity contribution in [1.29, 1.82) is 0 Å². The van der Waals surface area contributed by atoms with Crippen LogP contribution in [0.1, 0.15) is 49.7 Å². The molecule has 0 aliphatic heterocycles. The average Bonchev–Trinajstić information content (AvgIpc) is 2.82. The molecule has 14 heavy (non-hydrogen) atoms. The highest BCUT2D eigenvalue weighted by Gasteiger charge is 2.25. The first-order valence-electron chi connectivity index (χ1n) is 5.47. The van der Waals surface area contributed by atoms with E-state index in [1.807, 2.05) is 0 Å². The van der Waals surface area contributed by atoms with E-state index in [9.17, 15) is 0 Å². The summed E-state index contributed by atoms with van der Waals surface area (Å²) in [7, 11) is 0. The summed E-state index contributed by atoms with van der Waals surface area (Å²) in [5, 5.41) is 7.38. The zero-order chi connectivity index (χ0) is 9.38. The maximum atomic E-state index is 5.18. The Bertz CT molecular complexity index is 315. The zero-order valence-electron chi connectivity index (χ0n) is 8.20. The normalized spacial score (nSPS) is 22.3. The quantitative estimate of drug-likeness (QED) is 0.789. The second kappa shape index (κ2) is 3.35. The summed E-state index contributed by atoms with van der Waals surface area (Å²) in [4.78, 5) is 4.39. The summed E-state index contributed by atoms with van der Waals surface area (Å²) in [6, 6.07) is 0.703. The Kier molecular flexibility index (Phi) is 2.01. The molecule has 0 spiro atoms. The molecule has 1 aromatic rings. The van der Waals surface area contributed by atoms with Crippen LogP contribution in [-0.2, 0) is 6.54 Å². The highest BCUT2D eigenvalue weighted by molar-refractivity contribution is 4.99. The highest BCUT2D eigenvalue weighted by atomic mass is 16.5. The van der Waals surface area contributed by atoms with E-state index in [-0.39, 0.29) is 0 Å². The summed E-state index contributed by atoms with van der Waals surface area (Å²) in [6.07, 6.45) is 6.37. The smallest absolute Gasteiger partial charge is 0.240 e. The molecule has 2 aliphatic rings. The molecule has 1 heterocycles. The topological polar surface area (TPSA) is 51.0 Å². The van der Waals surface area contributed by atoms with Crippen molar-refractivity contribution in [2.45, 2.75) is 50.6 Å². The fourth-order valence-corrected chi connectivity index (χ4v) is 1.69. The van der Waals surface area contributed by atoms with Gasteiger partial charge in [-0.15, -0.1) is 0 Å². The molecule has 1 aromatic heterocycles. The average molecular weight is 193 g/mol. The summed E-state index contributed by atoms with van der Waals surface area (Å²) >= 11 is 0. The van der Waals surface area contributed by atoms with Crippen LogP contribution in [0.2, 0.25) is 0 Å². The number of hydrogen-bond acceptors (Lipinski definition) is 4. The van der Waals surface area contributed by atoms with Crippen LogP contribution in [0.5, 0.6) is 0 Å². The first-order valence-corrected chi connectivity index (χ1v) is 5.47. The first kappa shape index (κ1) is 8.41. The first-order chi connectivity index (χ1) is 6.92. The van der Waals surface area contributed by atoms with Crippen LogP contribution in [-0.4, -0.2) is 16.2 Å². The standard InChI is InChI=1S/C10H15N3O/c1-2-7(3-1)10-12-9(14-13-10)6-11-8-4-5-8/h7-8,11H,1-6H2. The zero-order valence-corrected chi connectivity index (χ0v) is 8.20. The van der Waals surface area contributed by atoms with Crippen molar-refractivity contribution in [1.82, 2.24) is 15.5 Å². The third-order valence-electron chi connectivity index (χ3n) is 3.07. The van der Waals surface area contributed by atoms with Gasteiger partial charge in [0.15, 0.2) is 5.82 Å². The molecule has 2 saturated carbocycles. The van der Waals surface area contributed by atoms with Gasteiger partial charge in [0.2, 0.25) is 5.89 Å². The van der Waals surface area contributed by atoms with E-state index >= 15 is 0 Å². The van der Waals surface area contributed by atoms with E-state index in [1.54, 1.807) is 0 Å². The van der Waals surface area contributed by atoms with Gasteiger partial charge in [-0.1, -0.05) is 11.6 Å². The number of nitrogens with zero attached hydrogens (tertiary/aromatic N) is 2. The lowest BCUT2D eigenvalue weighted by Crippen LogP contribution is -2.16. The fraction of sp³-hybridized carbons (Fsp3) is 0.800. The van der Waals surface area contributed by atoms with Crippen molar-refractivity contribution in [2.75, 3.05) is 0 Å². The maximum Gasteiger partial charge on any atom is 0.240 e. The number of aromatic nitrogens is 2. The molecule has 4 nitrogen and oxygen atoms in total. The molecule has 3 rings (SSSR count). The molecule has 76 valence electrons. The summed E-state index contributed by atoms with van der Waals surface area (Å²) < 4.78 is 5.18. The predicted octanol–water partition coefficient (Wildman–Crippen LogP) is 1.59. The SMILES string of the molecule is C1CC(c2noc(CNC3CC3)n2)C1. The van der Waals surface area contributed by atoms with E-state index in [0.29, 0.717) is 12.0 Å². The molecule has 0 aromatic carbocycles. The lowest BCUT2D eigenvalue weighted by molar-refractivity contribution is 0.341. The Hall–Kier alpha value is -0.900. The molecule has 2 aliphatic carbocycles. The predicted molar refractivity (Wildman–Crippen MR) is 50.8 cm³/mol. The van der Waals surface area contributed by atoms with Gasteiger partial charge in [-0.2, -0.15) is 4.98 Å². The third-order valence-corrected chi connectivity index (χ3v) is 3.07. The molecule has 2 fully saturated rings. The minimum atomic E-state index is 0.577. The van der Waals surface area contributed by atoms with Gasteiger partial charge in [-0.3, -0.25) is 0 Å². The van der Waals surface area contributed by atoms with E-state index in [1.165, 1.54) is 32.1 Å². The fourth-order valence-electron chi connectivity index (χ4n) is 1.69. The van der Waals surface area contributed by atoms with Gasteiger partial charge < -0.3 is 9.84 Å². The van der Waals surface area contributed by atoms with Crippen molar-refractivity contribution in [3.8, 4) is 0 Å². The molecule has 0 atom stereocenters. The van der Waals surface area contributed by atoms with E-state index in [4.69, 9.17) is 4.52 Å². The highest BCUT2D eigenvalue weighted by Crippen LogP contribution is 2.34. The van der Waals surface area contributed by atoms with Crippen LogP contribution >= 0.6 is 0 Å². The summed E-state index contributed by atoms with van der Waals surface area (Å²) in [6.45, 7) is 0.740. The lowest BCUT2D eigenvalue weighted by Gasteiger charge is -2.20. The van der Waals surface area contributed by atoms with E-state index in [0.717, 1.165) is 18.3 Å². The molecule has 0 amide bonds. The van der Waals surface area contributed by atoms with Crippen LogP contribution in [0.15, 0.2) is 4.52 Å². The van der Waals surface area contributed by atoms with Crippen molar-refractivity contribution in [3.63, 3.8) is 0 Å². The van der Waals surface area contributed by atoms with E-state index < -0.39 is 0 Å². The van der Waals surface area contributed by atoms with Gasteiger partial charge in [0.05, 0.1) is 6.54 Å². The van der Waals surface area contributed by atoms with Crippen molar-refractivity contribution >= 4 is 0 Å². The molecular weight excluding hydrogens is 178 g/mol. The van der Waals surface area contributed by atoms with Crippen LogP contribution in [0.4, 0.5) is 0 Å². The van der Waals surface area contributed by atoms with Gasteiger partial charge in [0, 0.05) is 12.0 Å². The van der Waals surface area contributed by atoms with Gasteiger partial charge in [-0.05, 0) is 25.7 Å².